The molecule has 0 fully saturated rings. The molecular weight excluding hydrogens is 206 g/mol. The van der Waals surface area contributed by atoms with Crippen molar-refractivity contribution in [2.45, 2.75) is 24.6 Å². The average molecular weight is 225 g/mol. The van der Waals surface area contributed by atoms with Crippen LogP contribution < -0.4 is 5.73 Å². The van der Waals surface area contributed by atoms with Gasteiger partial charge in [0.15, 0.2) is 0 Å². The number of aliphatic hydroxyl groups is 1. The summed E-state index contributed by atoms with van der Waals surface area (Å²) in [5.74, 6) is 0.763. The summed E-state index contributed by atoms with van der Waals surface area (Å²) in [6.45, 7) is 2.36. The SMILES string of the molecule is CCC(SCCO)C(N)c1ccccc1. The molecule has 0 bridgehead atoms. The molecule has 0 amide bonds. The van der Waals surface area contributed by atoms with Crippen LogP contribution in [0.15, 0.2) is 30.3 Å². The van der Waals surface area contributed by atoms with Gasteiger partial charge in [-0.25, -0.2) is 0 Å². The number of benzene rings is 1. The second kappa shape index (κ2) is 6.88. The number of hydrogen-bond acceptors (Lipinski definition) is 3. The molecule has 1 aromatic carbocycles. The first-order chi connectivity index (χ1) is 7.29. The van der Waals surface area contributed by atoms with Gasteiger partial charge in [0.1, 0.15) is 0 Å². The Bertz CT molecular complexity index is 266. The molecule has 0 saturated heterocycles. The third-order valence-corrected chi connectivity index (χ3v) is 3.88. The Morgan fingerprint density at radius 3 is 2.53 bits per heavy atom. The summed E-state index contributed by atoms with van der Waals surface area (Å²) in [5, 5.41) is 9.19. The lowest BCUT2D eigenvalue weighted by molar-refractivity contribution is 0.322. The maximum atomic E-state index is 8.80. The van der Waals surface area contributed by atoms with Gasteiger partial charge in [-0.2, -0.15) is 11.8 Å². The highest BCUT2D eigenvalue weighted by atomic mass is 32.2. The molecule has 0 spiro atoms. The predicted octanol–water partition coefficient (Wildman–Crippen LogP) is 2.19. The molecule has 1 rings (SSSR count). The van der Waals surface area contributed by atoms with Gasteiger partial charge in [0.2, 0.25) is 0 Å². The number of rotatable bonds is 6. The second-order valence-corrected chi connectivity index (χ2v) is 4.82. The van der Waals surface area contributed by atoms with Crippen molar-refractivity contribution in [3.8, 4) is 0 Å². The van der Waals surface area contributed by atoms with Crippen LogP contribution in [0.4, 0.5) is 0 Å². The van der Waals surface area contributed by atoms with E-state index < -0.39 is 0 Å². The monoisotopic (exact) mass is 225 g/mol. The van der Waals surface area contributed by atoms with Gasteiger partial charge in [0.05, 0.1) is 6.61 Å². The van der Waals surface area contributed by atoms with E-state index in [0.717, 1.165) is 12.2 Å². The van der Waals surface area contributed by atoms with E-state index in [1.54, 1.807) is 11.8 Å². The Hall–Kier alpha value is -0.510. The Balaban J connectivity index is 2.60. The Kier molecular flexibility index (Phi) is 5.76. The minimum atomic E-state index is 0.0627. The van der Waals surface area contributed by atoms with Crippen LogP contribution in [0.1, 0.15) is 24.9 Å². The van der Waals surface area contributed by atoms with E-state index in [4.69, 9.17) is 10.8 Å². The maximum absolute atomic E-state index is 8.80. The molecule has 0 aliphatic carbocycles. The van der Waals surface area contributed by atoms with Crippen molar-refractivity contribution in [2.75, 3.05) is 12.4 Å². The Morgan fingerprint density at radius 2 is 2.00 bits per heavy atom. The minimum Gasteiger partial charge on any atom is -0.396 e. The van der Waals surface area contributed by atoms with Crippen molar-refractivity contribution in [3.05, 3.63) is 35.9 Å². The van der Waals surface area contributed by atoms with Gasteiger partial charge in [-0.15, -0.1) is 0 Å². The fourth-order valence-corrected chi connectivity index (χ4v) is 2.58. The zero-order valence-electron chi connectivity index (χ0n) is 9.10. The fraction of sp³-hybridized carbons (Fsp3) is 0.500. The smallest absolute Gasteiger partial charge is 0.0521 e. The van der Waals surface area contributed by atoms with Crippen LogP contribution in [0, 0.1) is 0 Å². The van der Waals surface area contributed by atoms with Gasteiger partial charge in [-0.3, -0.25) is 0 Å². The van der Waals surface area contributed by atoms with Crippen LogP contribution in [-0.2, 0) is 0 Å². The van der Waals surface area contributed by atoms with E-state index >= 15 is 0 Å². The molecule has 0 heterocycles. The Labute approximate surface area is 95.9 Å². The Morgan fingerprint density at radius 1 is 1.33 bits per heavy atom. The van der Waals surface area contributed by atoms with Crippen LogP contribution in [0.3, 0.4) is 0 Å². The van der Waals surface area contributed by atoms with Crippen LogP contribution in [0.5, 0.6) is 0 Å². The molecule has 3 heteroatoms. The first-order valence-electron chi connectivity index (χ1n) is 5.32. The summed E-state index contributed by atoms with van der Waals surface area (Å²) < 4.78 is 0. The third-order valence-electron chi connectivity index (χ3n) is 2.41. The number of nitrogens with two attached hydrogens (primary N) is 1. The largest absolute Gasteiger partial charge is 0.396 e. The van der Waals surface area contributed by atoms with Gasteiger partial charge in [0, 0.05) is 17.0 Å². The lowest BCUT2D eigenvalue weighted by atomic mass is 10.0. The number of aliphatic hydroxyl groups excluding tert-OH is 1. The van der Waals surface area contributed by atoms with Crippen LogP contribution in [-0.4, -0.2) is 22.7 Å². The van der Waals surface area contributed by atoms with Gasteiger partial charge in [-0.05, 0) is 12.0 Å². The highest BCUT2D eigenvalue weighted by Crippen LogP contribution is 2.26. The molecule has 0 aliphatic rings. The van der Waals surface area contributed by atoms with E-state index in [1.807, 2.05) is 18.2 Å². The lowest BCUT2D eigenvalue weighted by Crippen LogP contribution is -2.23. The summed E-state index contributed by atoms with van der Waals surface area (Å²) in [6.07, 6.45) is 1.03. The molecule has 0 aliphatic heterocycles. The van der Waals surface area contributed by atoms with Crippen molar-refractivity contribution in [3.63, 3.8) is 0 Å². The standard InChI is InChI=1S/C12H19NOS/c1-2-11(15-9-8-14)12(13)10-6-4-3-5-7-10/h3-7,11-12,14H,2,8-9,13H2,1H3. The topological polar surface area (TPSA) is 46.2 Å². The van der Waals surface area contributed by atoms with E-state index in [-0.39, 0.29) is 12.6 Å². The molecule has 2 atom stereocenters. The summed E-state index contributed by atoms with van der Waals surface area (Å²) >= 11 is 1.75. The van der Waals surface area contributed by atoms with Crippen LogP contribution in [0.2, 0.25) is 0 Å². The lowest BCUT2D eigenvalue weighted by Gasteiger charge is -2.22. The predicted molar refractivity (Wildman–Crippen MR) is 67.0 cm³/mol. The van der Waals surface area contributed by atoms with Gasteiger partial charge in [-0.1, -0.05) is 37.3 Å². The summed E-state index contributed by atoms with van der Waals surface area (Å²) in [5.41, 5.74) is 7.36. The van der Waals surface area contributed by atoms with Crippen molar-refractivity contribution < 1.29 is 5.11 Å². The molecule has 0 aromatic heterocycles. The number of thioether (sulfide) groups is 1. The van der Waals surface area contributed by atoms with E-state index in [9.17, 15) is 0 Å². The molecule has 84 valence electrons. The maximum Gasteiger partial charge on any atom is 0.0521 e. The van der Waals surface area contributed by atoms with Crippen molar-refractivity contribution >= 4 is 11.8 Å². The number of hydrogen-bond donors (Lipinski definition) is 2. The average Bonchev–Trinajstić information content (AvgIpc) is 2.31. The molecule has 2 unspecified atom stereocenters. The van der Waals surface area contributed by atoms with E-state index in [0.29, 0.717) is 5.25 Å². The van der Waals surface area contributed by atoms with Gasteiger partial charge < -0.3 is 10.8 Å². The molecule has 15 heavy (non-hydrogen) atoms. The second-order valence-electron chi connectivity index (χ2n) is 3.48. The first-order valence-corrected chi connectivity index (χ1v) is 6.37. The quantitative estimate of drug-likeness (QED) is 0.780. The first kappa shape index (κ1) is 12.6. The molecule has 1 aromatic rings. The summed E-state index contributed by atoms with van der Waals surface area (Å²) in [6, 6.07) is 10.2. The highest BCUT2D eigenvalue weighted by Gasteiger charge is 2.17. The zero-order valence-corrected chi connectivity index (χ0v) is 9.91. The summed E-state index contributed by atoms with van der Waals surface area (Å²) in [7, 11) is 0. The van der Waals surface area contributed by atoms with Gasteiger partial charge in [0.25, 0.3) is 0 Å². The third kappa shape index (κ3) is 3.86. The van der Waals surface area contributed by atoms with Crippen LogP contribution in [0.25, 0.3) is 0 Å². The summed E-state index contributed by atoms with van der Waals surface area (Å²) in [4.78, 5) is 0. The van der Waals surface area contributed by atoms with Crippen molar-refractivity contribution in [1.82, 2.24) is 0 Å². The van der Waals surface area contributed by atoms with Crippen LogP contribution >= 0.6 is 11.8 Å². The molecule has 3 N–H and O–H groups in total. The van der Waals surface area contributed by atoms with Crippen molar-refractivity contribution in [2.24, 2.45) is 5.73 Å². The molecule has 2 nitrogen and oxygen atoms in total. The fourth-order valence-electron chi connectivity index (χ4n) is 1.57. The van der Waals surface area contributed by atoms with Crippen molar-refractivity contribution in [1.29, 1.82) is 0 Å². The van der Waals surface area contributed by atoms with Gasteiger partial charge >= 0.3 is 0 Å². The van der Waals surface area contributed by atoms with E-state index in [2.05, 4.69) is 19.1 Å². The highest BCUT2D eigenvalue weighted by molar-refractivity contribution is 7.99. The minimum absolute atomic E-state index is 0.0627. The van der Waals surface area contributed by atoms with E-state index in [1.165, 1.54) is 5.56 Å². The normalized spacial score (nSPS) is 14.9. The molecule has 0 saturated carbocycles. The molecular formula is C12H19NOS. The zero-order chi connectivity index (χ0) is 11.1. The molecule has 0 radical (unpaired) electrons.